The van der Waals surface area contributed by atoms with Gasteiger partial charge in [-0.25, -0.2) is 0 Å². The van der Waals surface area contributed by atoms with Crippen molar-refractivity contribution in [2.45, 2.75) is 4.90 Å². The summed E-state index contributed by atoms with van der Waals surface area (Å²) in [6.45, 7) is 0. The van der Waals surface area contributed by atoms with Gasteiger partial charge in [-0.3, -0.25) is 0 Å². The molecule has 0 fully saturated rings. The van der Waals surface area contributed by atoms with E-state index in [1.165, 1.54) is 0 Å². The highest BCUT2D eigenvalue weighted by atomic mass is 127. The van der Waals surface area contributed by atoms with E-state index < -0.39 is 0 Å². The molecule has 0 heterocycles. The summed E-state index contributed by atoms with van der Waals surface area (Å²) in [5.41, 5.74) is 0.568. The van der Waals surface area contributed by atoms with E-state index in [9.17, 15) is 0 Å². The van der Waals surface area contributed by atoms with Crippen LogP contribution in [0.2, 0.25) is 0 Å². The maximum atomic E-state index is 8.76. The van der Waals surface area contributed by atoms with Gasteiger partial charge in [-0.05, 0) is 34.7 Å². The summed E-state index contributed by atoms with van der Waals surface area (Å²) < 4.78 is 5.86. The van der Waals surface area contributed by atoms with E-state index >= 15 is 0 Å². The van der Waals surface area contributed by atoms with Crippen LogP contribution in [0.4, 0.5) is 0 Å². The number of nitriles is 1. The molecule has 0 aromatic heterocycles. The van der Waals surface area contributed by atoms with Gasteiger partial charge in [0.05, 0.1) is 16.2 Å². The van der Waals surface area contributed by atoms with Gasteiger partial charge < -0.3 is 4.74 Å². The summed E-state index contributed by atoms with van der Waals surface area (Å²) in [5, 5.41) is 8.76. The summed E-state index contributed by atoms with van der Waals surface area (Å²) in [6, 6.07) is 5.62. The number of ether oxygens (including phenoxy) is 1. The number of benzene rings is 1. The molecule has 0 N–H and O–H groups in total. The molecule has 0 unspecified atom stereocenters. The summed E-state index contributed by atoms with van der Waals surface area (Å²) in [5.74, 6) is 0.713. The van der Waals surface area contributed by atoms with Crippen LogP contribution in [-0.4, -0.2) is 7.11 Å². The second-order valence-corrected chi connectivity index (χ2v) is 3.65. The predicted molar refractivity (Wildman–Crippen MR) is 57.7 cm³/mol. The first-order valence-corrected chi connectivity index (χ1v) is 4.69. The summed E-state index contributed by atoms with van der Waals surface area (Å²) >= 11 is 6.22. The molecule has 0 aliphatic rings. The molecule has 62 valence electrons. The van der Waals surface area contributed by atoms with Crippen molar-refractivity contribution < 1.29 is 4.74 Å². The summed E-state index contributed by atoms with van der Waals surface area (Å²) in [6.07, 6.45) is 0. The minimum absolute atomic E-state index is 0.568. The van der Waals surface area contributed by atoms with Crippen LogP contribution in [-0.2, 0) is 0 Å². The highest BCUT2D eigenvalue weighted by Gasteiger charge is 2.08. The third-order valence-corrected chi connectivity index (χ3v) is 2.86. The predicted octanol–water partition coefficient (Wildman–Crippen LogP) is 2.46. The van der Waals surface area contributed by atoms with Gasteiger partial charge in [0.15, 0.2) is 0 Å². The number of nitrogens with zero attached hydrogens (tertiary/aromatic N) is 1. The first kappa shape index (κ1) is 9.68. The second-order valence-electron chi connectivity index (χ2n) is 2.09. The molecule has 0 aliphatic heterocycles. The Morgan fingerprint density at radius 1 is 1.58 bits per heavy atom. The topological polar surface area (TPSA) is 33.0 Å². The lowest BCUT2D eigenvalue weighted by Crippen LogP contribution is -1.91. The molecule has 12 heavy (non-hydrogen) atoms. The zero-order valence-electron chi connectivity index (χ0n) is 6.34. The molecule has 1 aromatic carbocycles. The Kier molecular flexibility index (Phi) is 3.23. The van der Waals surface area contributed by atoms with Crippen molar-refractivity contribution in [3.05, 3.63) is 21.3 Å². The van der Waals surface area contributed by atoms with Crippen LogP contribution in [0.3, 0.4) is 0 Å². The molecule has 1 aromatic rings. The van der Waals surface area contributed by atoms with Gasteiger partial charge in [0, 0.05) is 4.90 Å². The fourth-order valence-electron chi connectivity index (χ4n) is 0.811. The molecule has 0 saturated carbocycles. The fraction of sp³-hybridized carbons (Fsp3) is 0.125. The van der Waals surface area contributed by atoms with Crippen molar-refractivity contribution in [3.63, 3.8) is 0 Å². The number of thiol groups is 1. The molecule has 0 radical (unpaired) electrons. The van der Waals surface area contributed by atoms with Crippen molar-refractivity contribution in [1.82, 2.24) is 0 Å². The van der Waals surface area contributed by atoms with Crippen molar-refractivity contribution in [2.24, 2.45) is 0 Å². The van der Waals surface area contributed by atoms with Gasteiger partial charge in [0.25, 0.3) is 0 Å². The molecule has 4 heteroatoms. The molecular formula is C8H6INOS. The maximum Gasteiger partial charge on any atom is 0.133 e. The van der Waals surface area contributed by atoms with E-state index in [0.29, 0.717) is 16.2 Å². The maximum absolute atomic E-state index is 8.76. The van der Waals surface area contributed by atoms with Crippen molar-refractivity contribution in [3.8, 4) is 11.8 Å². The quantitative estimate of drug-likeness (QED) is 0.637. The molecule has 0 atom stereocenters. The lowest BCUT2D eigenvalue weighted by Gasteiger charge is -2.05. The van der Waals surface area contributed by atoms with E-state index in [-0.39, 0.29) is 0 Å². The van der Waals surface area contributed by atoms with Gasteiger partial charge >= 0.3 is 0 Å². The van der Waals surface area contributed by atoms with Gasteiger partial charge in [-0.15, -0.1) is 12.6 Å². The average Bonchev–Trinajstić information content (AvgIpc) is 2.06. The van der Waals surface area contributed by atoms with Gasteiger partial charge in [0.1, 0.15) is 11.8 Å². The SMILES string of the molecule is COc1ccc(S)c(C#N)c1I. The molecule has 0 amide bonds. The lowest BCUT2D eigenvalue weighted by atomic mass is 10.2. The van der Waals surface area contributed by atoms with E-state index in [1.54, 1.807) is 19.2 Å². The lowest BCUT2D eigenvalue weighted by molar-refractivity contribution is 0.411. The molecule has 0 bridgehead atoms. The first-order valence-electron chi connectivity index (χ1n) is 3.16. The summed E-state index contributed by atoms with van der Waals surface area (Å²) in [7, 11) is 1.58. The smallest absolute Gasteiger partial charge is 0.133 e. The van der Waals surface area contributed by atoms with Crippen molar-refractivity contribution in [1.29, 1.82) is 5.26 Å². The fourth-order valence-corrected chi connectivity index (χ4v) is 2.07. The third-order valence-electron chi connectivity index (χ3n) is 1.42. The van der Waals surface area contributed by atoms with Crippen LogP contribution in [0.15, 0.2) is 17.0 Å². The number of hydrogen-bond donors (Lipinski definition) is 1. The Balaban J connectivity index is 3.36. The van der Waals surface area contributed by atoms with E-state index in [2.05, 4.69) is 41.3 Å². The monoisotopic (exact) mass is 291 g/mol. The van der Waals surface area contributed by atoms with Gasteiger partial charge in [-0.1, -0.05) is 0 Å². The van der Waals surface area contributed by atoms with Crippen LogP contribution < -0.4 is 4.74 Å². The molecule has 2 nitrogen and oxygen atoms in total. The molecule has 0 spiro atoms. The Hall–Kier alpha value is -0.410. The van der Waals surface area contributed by atoms with Crippen LogP contribution in [0, 0.1) is 14.9 Å². The highest BCUT2D eigenvalue weighted by Crippen LogP contribution is 2.28. The van der Waals surface area contributed by atoms with Crippen LogP contribution in [0.5, 0.6) is 5.75 Å². The van der Waals surface area contributed by atoms with E-state index in [4.69, 9.17) is 10.00 Å². The number of methoxy groups -OCH3 is 1. The van der Waals surface area contributed by atoms with Crippen LogP contribution in [0.25, 0.3) is 0 Å². The highest BCUT2D eigenvalue weighted by molar-refractivity contribution is 14.1. The minimum atomic E-state index is 0.568. The van der Waals surface area contributed by atoms with E-state index in [1.807, 2.05) is 0 Å². The average molecular weight is 291 g/mol. The Morgan fingerprint density at radius 2 is 2.25 bits per heavy atom. The second kappa shape index (κ2) is 4.01. The standard InChI is InChI=1S/C8H6INOS/c1-11-6-2-3-7(12)5(4-10)8(6)9/h2-3,12H,1H3. The number of hydrogen-bond acceptors (Lipinski definition) is 3. The normalized spacial score (nSPS) is 9.17. The van der Waals surface area contributed by atoms with Crippen LogP contribution in [0.1, 0.15) is 5.56 Å². The Labute approximate surface area is 90.1 Å². The zero-order valence-corrected chi connectivity index (χ0v) is 9.39. The van der Waals surface area contributed by atoms with Crippen molar-refractivity contribution in [2.75, 3.05) is 7.11 Å². The minimum Gasteiger partial charge on any atom is -0.496 e. The molecule has 0 saturated heterocycles. The molecule has 0 aliphatic carbocycles. The van der Waals surface area contributed by atoms with Gasteiger partial charge in [-0.2, -0.15) is 5.26 Å². The Bertz CT molecular complexity index is 346. The number of halogens is 1. The van der Waals surface area contributed by atoms with Crippen molar-refractivity contribution >= 4 is 35.2 Å². The number of rotatable bonds is 1. The molecule has 1 rings (SSSR count). The van der Waals surface area contributed by atoms with Crippen LogP contribution >= 0.6 is 35.2 Å². The zero-order chi connectivity index (χ0) is 9.14. The van der Waals surface area contributed by atoms with E-state index in [0.717, 1.165) is 3.57 Å². The largest absolute Gasteiger partial charge is 0.496 e. The Morgan fingerprint density at radius 3 is 2.75 bits per heavy atom. The first-order chi connectivity index (χ1) is 5.70. The third kappa shape index (κ3) is 1.67. The summed E-state index contributed by atoms with van der Waals surface area (Å²) in [4.78, 5) is 0.683. The van der Waals surface area contributed by atoms with Gasteiger partial charge in [0.2, 0.25) is 0 Å². The molecular weight excluding hydrogens is 285 g/mol.